The van der Waals surface area contributed by atoms with Gasteiger partial charge in [0.2, 0.25) is 5.91 Å². The standard InChI is InChI=1S/C19H33NO6/c1-7-14-19(5,23)17-20-15(21)12(3)9-18(4,24-6)10-13(25-17)8-11(2)16(22)26-14/h11-14,17,23H,7-10H2,1-6H3,(H,20,21)/t11?,12-,13+,14-,17?,18-,19-/m1/s1. The van der Waals surface area contributed by atoms with Crippen LogP contribution in [-0.2, 0) is 23.8 Å². The molecule has 26 heavy (non-hydrogen) atoms. The maximum Gasteiger partial charge on any atom is 0.309 e. The molecule has 7 atom stereocenters. The highest BCUT2D eigenvalue weighted by Crippen LogP contribution is 2.35. The van der Waals surface area contributed by atoms with Gasteiger partial charge < -0.3 is 24.6 Å². The summed E-state index contributed by atoms with van der Waals surface area (Å²) in [5, 5.41) is 14.0. The molecule has 2 aliphatic heterocycles. The second-order valence-electron chi connectivity index (χ2n) is 8.31. The summed E-state index contributed by atoms with van der Waals surface area (Å²) in [7, 11) is 1.62. The Kier molecular flexibility index (Phi) is 6.36. The summed E-state index contributed by atoms with van der Waals surface area (Å²) in [6, 6.07) is 0. The molecule has 7 nitrogen and oxygen atoms in total. The molecule has 7 heteroatoms. The molecule has 2 unspecified atom stereocenters. The fraction of sp³-hybridized carbons (Fsp3) is 0.895. The van der Waals surface area contributed by atoms with Crippen molar-refractivity contribution in [2.75, 3.05) is 7.11 Å². The Morgan fingerprint density at radius 1 is 1.23 bits per heavy atom. The van der Waals surface area contributed by atoms with E-state index in [1.807, 2.05) is 20.8 Å². The van der Waals surface area contributed by atoms with E-state index in [0.717, 1.165) is 0 Å². The van der Waals surface area contributed by atoms with Gasteiger partial charge in [-0.25, -0.2) is 0 Å². The van der Waals surface area contributed by atoms with Gasteiger partial charge in [-0.1, -0.05) is 20.8 Å². The molecule has 150 valence electrons. The van der Waals surface area contributed by atoms with Crippen LogP contribution < -0.4 is 5.32 Å². The van der Waals surface area contributed by atoms with E-state index in [1.165, 1.54) is 0 Å². The van der Waals surface area contributed by atoms with Gasteiger partial charge in [-0.15, -0.1) is 0 Å². The highest BCUT2D eigenvalue weighted by molar-refractivity contribution is 5.78. The minimum absolute atomic E-state index is 0.215. The van der Waals surface area contributed by atoms with Gasteiger partial charge in [-0.05, 0) is 33.1 Å². The first-order chi connectivity index (χ1) is 12.0. The number of cyclic esters (lactones) is 1. The maximum absolute atomic E-state index is 12.7. The lowest BCUT2D eigenvalue weighted by Gasteiger charge is -2.39. The lowest BCUT2D eigenvalue weighted by atomic mass is 9.85. The number of ether oxygens (including phenoxy) is 3. The van der Waals surface area contributed by atoms with Crippen molar-refractivity contribution in [3.63, 3.8) is 0 Å². The first-order valence-electron chi connectivity index (χ1n) is 9.46. The van der Waals surface area contributed by atoms with Crippen molar-refractivity contribution < 1.29 is 28.9 Å². The summed E-state index contributed by atoms with van der Waals surface area (Å²) in [6.07, 6.45) is -0.206. The molecular formula is C19H33NO6. The summed E-state index contributed by atoms with van der Waals surface area (Å²) >= 11 is 0. The molecule has 0 aromatic carbocycles. The maximum atomic E-state index is 12.7. The molecule has 2 saturated heterocycles. The fourth-order valence-corrected chi connectivity index (χ4v) is 3.97. The van der Waals surface area contributed by atoms with Crippen LogP contribution in [0, 0.1) is 11.8 Å². The molecule has 1 amide bonds. The van der Waals surface area contributed by atoms with Crippen molar-refractivity contribution in [3.8, 4) is 0 Å². The van der Waals surface area contributed by atoms with E-state index in [1.54, 1.807) is 21.0 Å². The predicted octanol–water partition coefficient (Wildman–Crippen LogP) is 1.76. The molecule has 2 heterocycles. The van der Waals surface area contributed by atoms with E-state index in [9.17, 15) is 14.7 Å². The Morgan fingerprint density at radius 3 is 2.46 bits per heavy atom. The molecule has 0 aliphatic carbocycles. The zero-order chi connectivity index (χ0) is 19.7. The second-order valence-corrected chi connectivity index (χ2v) is 8.31. The first-order valence-corrected chi connectivity index (χ1v) is 9.46. The minimum atomic E-state index is -1.55. The highest BCUT2D eigenvalue weighted by Gasteiger charge is 2.48. The van der Waals surface area contributed by atoms with Crippen LogP contribution in [0.25, 0.3) is 0 Å². The number of rotatable bonds is 2. The normalized spacial score (nSPS) is 45.1. The fourth-order valence-electron chi connectivity index (χ4n) is 3.97. The van der Waals surface area contributed by atoms with E-state index in [2.05, 4.69) is 5.32 Å². The predicted molar refractivity (Wildman–Crippen MR) is 95.2 cm³/mol. The lowest BCUT2D eigenvalue weighted by molar-refractivity contribution is -0.198. The number of hydrogen-bond donors (Lipinski definition) is 2. The average Bonchev–Trinajstić information content (AvgIpc) is 2.62. The molecule has 2 rings (SSSR count). The minimum Gasteiger partial charge on any atom is -0.459 e. The summed E-state index contributed by atoms with van der Waals surface area (Å²) in [5.74, 6) is -1.25. The van der Waals surface area contributed by atoms with Gasteiger partial charge in [-0.3, -0.25) is 9.59 Å². The van der Waals surface area contributed by atoms with Crippen molar-refractivity contribution in [1.29, 1.82) is 0 Å². The Morgan fingerprint density at radius 2 is 1.88 bits per heavy atom. The second kappa shape index (κ2) is 7.82. The van der Waals surface area contributed by atoms with Crippen LogP contribution in [0.3, 0.4) is 0 Å². The summed E-state index contributed by atoms with van der Waals surface area (Å²) in [6.45, 7) is 8.96. The van der Waals surface area contributed by atoms with Crippen molar-refractivity contribution in [2.24, 2.45) is 11.8 Å². The molecular weight excluding hydrogens is 338 g/mol. The Balaban J connectivity index is 2.47. The molecule has 0 saturated carbocycles. The number of nitrogens with one attached hydrogen (secondary N) is 1. The molecule has 0 radical (unpaired) electrons. The largest absolute Gasteiger partial charge is 0.459 e. The quantitative estimate of drug-likeness (QED) is 0.719. The van der Waals surface area contributed by atoms with Crippen molar-refractivity contribution >= 4 is 11.9 Å². The highest BCUT2D eigenvalue weighted by atomic mass is 16.6. The molecule has 2 bridgehead atoms. The van der Waals surface area contributed by atoms with Gasteiger partial charge in [-0.2, -0.15) is 0 Å². The Hall–Kier alpha value is -1.18. The molecule has 2 aliphatic rings. The Bertz CT molecular complexity index is 536. The van der Waals surface area contributed by atoms with Gasteiger partial charge in [0.1, 0.15) is 11.7 Å². The Labute approximate surface area is 155 Å². The smallest absolute Gasteiger partial charge is 0.309 e. The monoisotopic (exact) mass is 371 g/mol. The third kappa shape index (κ3) is 4.38. The molecule has 0 aromatic heterocycles. The van der Waals surface area contributed by atoms with Gasteiger partial charge >= 0.3 is 5.97 Å². The number of fused-ring (bicyclic) bond motifs is 2. The van der Waals surface area contributed by atoms with Crippen molar-refractivity contribution in [1.82, 2.24) is 5.32 Å². The molecule has 0 aromatic rings. The zero-order valence-corrected chi connectivity index (χ0v) is 16.7. The van der Waals surface area contributed by atoms with Gasteiger partial charge in [0.15, 0.2) is 6.23 Å². The molecule has 2 fully saturated rings. The van der Waals surface area contributed by atoms with Gasteiger partial charge in [0, 0.05) is 19.4 Å². The van der Waals surface area contributed by atoms with Crippen LogP contribution in [0.4, 0.5) is 0 Å². The van der Waals surface area contributed by atoms with E-state index in [-0.39, 0.29) is 29.8 Å². The van der Waals surface area contributed by atoms with Crippen LogP contribution in [-0.4, -0.2) is 53.7 Å². The molecule has 0 spiro atoms. The number of aliphatic hydroxyl groups is 1. The zero-order valence-electron chi connectivity index (χ0n) is 16.7. The topological polar surface area (TPSA) is 94.1 Å². The SMILES string of the molecule is CC[C@H]1OC(=O)C(C)C[C@H]2C[C@](C)(OC)C[C@@H](C)C(=O)NC(O2)[C@]1(C)O. The summed E-state index contributed by atoms with van der Waals surface area (Å²) in [4.78, 5) is 25.1. The number of methoxy groups -OCH3 is 1. The third-order valence-electron chi connectivity index (χ3n) is 5.77. The van der Waals surface area contributed by atoms with E-state index in [0.29, 0.717) is 25.7 Å². The van der Waals surface area contributed by atoms with Crippen LogP contribution in [0.2, 0.25) is 0 Å². The van der Waals surface area contributed by atoms with Gasteiger partial charge in [0.05, 0.1) is 17.6 Å². The van der Waals surface area contributed by atoms with E-state index < -0.39 is 23.5 Å². The van der Waals surface area contributed by atoms with Crippen molar-refractivity contribution in [3.05, 3.63) is 0 Å². The summed E-state index contributed by atoms with van der Waals surface area (Å²) in [5.41, 5.74) is -2.11. The number of carbonyl (C=O) groups excluding carboxylic acids is 2. The van der Waals surface area contributed by atoms with Gasteiger partial charge in [0.25, 0.3) is 0 Å². The first kappa shape index (κ1) is 21.1. The van der Waals surface area contributed by atoms with E-state index >= 15 is 0 Å². The number of esters is 1. The number of carbonyl (C=O) groups is 2. The lowest BCUT2D eigenvalue weighted by Crippen LogP contribution is -2.60. The summed E-state index contributed by atoms with van der Waals surface area (Å²) < 4.78 is 17.4. The molecule has 2 N–H and O–H groups in total. The van der Waals surface area contributed by atoms with Crippen LogP contribution in [0.15, 0.2) is 0 Å². The number of hydrogen-bond acceptors (Lipinski definition) is 6. The number of amides is 1. The van der Waals surface area contributed by atoms with Crippen LogP contribution in [0.5, 0.6) is 0 Å². The van der Waals surface area contributed by atoms with Crippen LogP contribution >= 0.6 is 0 Å². The van der Waals surface area contributed by atoms with Crippen LogP contribution in [0.1, 0.15) is 60.3 Å². The average molecular weight is 371 g/mol. The van der Waals surface area contributed by atoms with Crippen molar-refractivity contribution in [2.45, 2.75) is 89.9 Å². The van der Waals surface area contributed by atoms with E-state index in [4.69, 9.17) is 14.2 Å². The third-order valence-corrected chi connectivity index (χ3v) is 5.77.